The van der Waals surface area contributed by atoms with Crippen LogP contribution in [0.5, 0.6) is 0 Å². The van der Waals surface area contributed by atoms with E-state index in [0.29, 0.717) is 19.6 Å². The topological polar surface area (TPSA) is 53.4 Å². The molecule has 1 unspecified atom stereocenters. The van der Waals surface area contributed by atoms with Crippen LogP contribution in [-0.4, -0.2) is 52.8 Å². The van der Waals surface area contributed by atoms with Gasteiger partial charge in [-0.15, -0.1) is 0 Å². The van der Waals surface area contributed by atoms with Crippen molar-refractivity contribution in [2.24, 2.45) is 7.05 Å². The van der Waals surface area contributed by atoms with Crippen molar-refractivity contribution >= 4 is 17.6 Å². The molecule has 0 spiro atoms. The first-order chi connectivity index (χ1) is 12.0. The maximum atomic E-state index is 12.6. The zero-order chi connectivity index (χ0) is 18.0. The van der Waals surface area contributed by atoms with Crippen molar-refractivity contribution in [2.75, 3.05) is 27.2 Å². The molecule has 0 saturated heterocycles. The van der Waals surface area contributed by atoms with Gasteiger partial charge in [-0.1, -0.05) is 23.7 Å². The lowest BCUT2D eigenvalue weighted by Crippen LogP contribution is -2.45. The van der Waals surface area contributed by atoms with E-state index in [1.54, 1.807) is 4.68 Å². The molecule has 7 heteroatoms. The van der Waals surface area contributed by atoms with E-state index in [9.17, 15) is 4.79 Å². The molecule has 1 N–H and O–H groups in total. The highest BCUT2D eigenvalue weighted by Gasteiger charge is 2.23. The number of aromatic nitrogens is 2. The van der Waals surface area contributed by atoms with Gasteiger partial charge in [0.1, 0.15) is 0 Å². The molecule has 1 atom stereocenters. The Balaban J connectivity index is 1.62. The van der Waals surface area contributed by atoms with E-state index >= 15 is 0 Å². The summed E-state index contributed by atoms with van der Waals surface area (Å²) in [4.78, 5) is 16.5. The van der Waals surface area contributed by atoms with Gasteiger partial charge in [-0.05, 0) is 37.7 Å². The van der Waals surface area contributed by atoms with Gasteiger partial charge in [-0.2, -0.15) is 5.10 Å². The van der Waals surface area contributed by atoms with Crippen LogP contribution in [0.2, 0.25) is 5.02 Å². The minimum Gasteiger partial charge on any atom is -0.336 e. The van der Waals surface area contributed by atoms with Crippen LogP contribution in [0, 0.1) is 0 Å². The summed E-state index contributed by atoms with van der Waals surface area (Å²) in [5.41, 5.74) is 3.38. The number of nitrogens with zero attached hydrogens (tertiary/aromatic N) is 4. The van der Waals surface area contributed by atoms with Gasteiger partial charge in [0, 0.05) is 43.5 Å². The molecule has 2 amide bonds. The van der Waals surface area contributed by atoms with Crippen LogP contribution < -0.4 is 5.32 Å². The van der Waals surface area contributed by atoms with Gasteiger partial charge in [-0.25, -0.2) is 4.79 Å². The fourth-order valence-corrected chi connectivity index (χ4v) is 3.53. The number of urea groups is 1. The monoisotopic (exact) mass is 361 g/mol. The maximum Gasteiger partial charge on any atom is 0.317 e. The lowest BCUT2D eigenvalue weighted by molar-refractivity contribution is 0.187. The standard InChI is InChI=1S/C18H24ClN5O/c1-22(2)17(14-9-21-23(3)11-14)10-20-18(25)24-8-7-15-13(12-24)5-4-6-16(15)19/h4-6,9,11,17H,7-8,10,12H2,1-3H3,(H,20,25). The number of rotatable bonds is 4. The zero-order valence-electron chi connectivity index (χ0n) is 14.9. The highest BCUT2D eigenvalue weighted by Crippen LogP contribution is 2.26. The Hall–Kier alpha value is -2.05. The number of hydrogen-bond donors (Lipinski definition) is 1. The molecule has 0 saturated carbocycles. The first-order valence-electron chi connectivity index (χ1n) is 8.39. The Bertz CT molecular complexity index is 758. The predicted molar refractivity (Wildman–Crippen MR) is 98.6 cm³/mol. The minimum atomic E-state index is -0.0404. The Morgan fingerprint density at radius 2 is 2.24 bits per heavy atom. The molecule has 25 heavy (non-hydrogen) atoms. The Kier molecular flexibility index (Phi) is 5.30. The van der Waals surface area contributed by atoms with Crippen molar-refractivity contribution in [1.82, 2.24) is 24.9 Å². The Labute approximate surface area is 153 Å². The molecule has 0 aliphatic carbocycles. The molecule has 1 aliphatic heterocycles. The number of carbonyl (C=O) groups is 1. The van der Waals surface area contributed by atoms with Crippen molar-refractivity contribution in [2.45, 2.75) is 19.0 Å². The summed E-state index contributed by atoms with van der Waals surface area (Å²) < 4.78 is 1.78. The van der Waals surface area contributed by atoms with Crippen LogP contribution in [0.1, 0.15) is 22.7 Å². The van der Waals surface area contributed by atoms with E-state index in [1.165, 1.54) is 0 Å². The van der Waals surface area contributed by atoms with E-state index in [0.717, 1.165) is 28.1 Å². The van der Waals surface area contributed by atoms with Gasteiger partial charge in [-0.3, -0.25) is 4.68 Å². The van der Waals surface area contributed by atoms with E-state index in [4.69, 9.17) is 11.6 Å². The Morgan fingerprint density at radius 3 is 2.92 bits per heavy atom. The summed E-state index contributed by atoms with van der Waals surface area (Å²) in [6.45, 7) is 1.82. The normalized spacial score (nSPS) is 15.2. The number of likely N-dealkylation sites (N-methyl/N-ethyl adjacent to an activating group) is 1. The van der Waals surface area contributed by atoms with Gasteiger partial charge >= 0.3 is 6.03 Å². The average molecular weight is 362 g/mol. The third kappa shape index (κ3) is 3.96. The van der Waals surface area contributed by atoms with Gasteiger partial charge in [0.05, 0.1) is 12.2 Å². The van der Waals surface area contributed by atoms with Gasteiger partial charge in [0.2, 0.25) is 0 Å². The number of nitrogens with one attached hydrogen (secondary N) is 1. The second-order valence-corrected chi connectivity index (χ2v) is 7.07. The number of benzene rings is 1. The molecule has 0 radical (unpaired) electrons. The van der Waals surface area contributed by atoms with Crippen LogP contribution in [0.25, 0.3) is 0 Å². The van der Waals surface area contributed by atoms with Gasteiger partial charge in [0.15, 0.2) is 0 Å². The van der Waals surface area contributed by atoms with Crippen LogP contribution in [0.15, 0.2) is 30.6 Å². The van der Waals surface area contributed by atoms with Crippen LogP contribution in [-0.2, 0) is 20.0 Å². The van der Waals surface area contributed by atoms with E-state index in [2.05, 4.69) is 15.3 Å². The third-order valence-corrected chi connectivity index (χ3v) is 5.03. The lowest BCUT2D eigenvalue weighted by Gasteiger charge is -2.31. The van der Waals surface area contributed by atoms with Crippen molar-refractivity contribution in [3.05, 3.63) is 52.3 Å². The van der Waals surface area contributed by atoms with E-state index in [1.807, 2.05) is 56.6 Å². The fraction of sp³-hybridized carbons (Fsp3) is 0.444. The van der Waals surface area contributed by atoms with Crippen molar-refractivity contribution in [1.29, 1.82) is 0 Å². The number of carbonyl (C=O) groups excluding carboxylic acids is 1. The largest absolute Gasteiger partial charge is 0.336 e. The molecule has 0 fully saturated rings. The van der Waals surface area contributed by atoms with Gasteiger partial charge in [0.25, 0.3) is 0 Å². The quantitative estimate of drug-likeness (QED) is 0.910. The number of fused-ring (bicyclic) bond motifs is 1. The molecule has 6 nitrogen and oxygen atoms in total. The van der Waals surface area contributed by atoms with Crippen molar-refractivity contribution in [3.8, 4) is 0 Å². The molecule has 0 bridgehead atoms. The molecule has 1 aromatic carbocycles. The number of halogens is 1. The summed E-state index contributed by atoms with van der Waals surface area (Å²) >= 11 is 6.24. The summed E-state index contributed by atoms with van der Waals surface area (Å²) in [5.74, 6) is 0. The SMILES string of the molecule is CN(C)C(CNC(=O)N1CCc2c(Cl)cccc2C1)c1cnn(C)c1. The average Bonchev–Trinajstić information content (AvgIpc) is 3.00. The number of amides is 2. The second kappa shape index (κ2) is 7.45. The maximum absolute atomic E-state index is 12.6. The predicted octanol–water partition coefficient (Wildman–Crippen LogP) is 2.44. The summed E-state index contributed by atoms with van der Waals surface area (Å²) in [5, 5.41) is 8.08. The number of aryl methyl sites for hydroxylation is 1. The summed E-state index contributed by atoms with van der Waals surface area (Å²) in [6, 6.07) is 5.93. The van der Waals surface area contributed by atoms with E-state index in [-0.39, 0.29) is 12.1 Å². The molecule has 2 heterocycles. The summed E-state index contributed by atoms with van der Waals surface area (Å²) in [6.07, 6.45) is 4.62. The second-order valence-electron chi connectivity index (χ2n) is 6.66. The van der Waals surface area contributed by atoms with Crippen LogP contribution in [0.4, 0.5) is 4.79 Å². The molecule has 1 aliphatic rings. The first-order valence-corrected chi connectivity index (χ1v) is 8.77. The zero-order valence-corrected chi connectivity index (χ0v) is 15.6. The van der Waals surface area contributed by atoms with Crippen LogP contribution in [0.3, 0.4) is 0 Å². The van der Waals surface area contributed by atoms with Crippen molar-refractivity contribution in [3.63, 3.8) is 0 Å². The van der Waals surface area contributed by atoms with Crippen molar-refractivity contribution < 1.29 is 4.79 Å². The lowest BCUT2D eigenvalue weighted by atomic mass is 10.00. The molecular weight excluding hydrogens is 338 g/mol. The highest BCUT2D eigenvalue weighted by molar-refractivity contribution is 6.31. The summed E-state index contributed by atoms with van der Waals surface area (Å²) in [7, 11) is 5.90. The highest BCUT2D eigenvalue weighted by atomic mass is 35.5. The minimum absolute atomic E-state index is 0.0404. The molecular formula is C18H24ClN5O. The fourth-order valence-electron chi connectivity index (χ4n) is 3.24. The van der Waals surface area contributed by atoms with E-state index < -0.39 is 0 Å². The van der Waals surface area contributed by atoms with Gasteiger partial charge < -0.3 is 15.1 Å². The molecule has 1 aromatic heterocycles. The first kappa shape index (κ1) is 17.8. The number of hydrogen-bond acceptors (Lipinski definition) is 3. The smallest absolute Gasteiger partial charge is 0.317 e. The molecule has 2 aromatic rings. The molecule has 3 rings (SSSR count). The van der Waals surface area contributed by atoms with Crippen LogP contribution >= 0.6 is 11.6 Å². The molecule has 134 valence electrons. The third-order valence-electron chi connectivity index (χ3n) is 4.68. The Morgan fingerprint density at radius 1 is 1.44 bits per heavy atom.